The van der Waals surface area contributed by atoms with Crippen LogP contribution in [0.3, 0.4) is 0 Å². The van der Waals surface area contributed by atoms with E-state index in [1.54, 1.807) is 0 Å². The second kappa shape index (κ2) is 8.56. The first kappa shape index (κ1) is 20.1. The maximum Gasteiger partial charge on any atom is 0.319 e. The predicted molar refractivity (Wildman–Crippen MR) is 111 cm³/mol. The Bertz CT molecular complexity index is 809. The third-order valence-electron chi connectivity index (χ3n) is 4.64. The Morgan fingerprint density at radius 2 is 1.82 bits per heavy atom. The fraction of sp³-hybridized carbons (Fsp3) is 0.476. The van der Waals surface area contributed by atoms with Gasteiger partial charge in [-0.25, -0.2) is 14.8 Å². The van der Waals surface area contributed by atoms with Gasteiger partial charge < -0.3 is 20.3 Å². The van der Waals surface area contributed by atoms with Crippen molar-refractivity contribution >= 4 is 17.5 Å². The van der Waals surface area contributed by atoms with Gasteiger partial charge in [0.2, 0.25) is 0 Å². The lowest BCUT2D eigenvalue weighted by atomic mass is 9.87. The first-order valence-electron chi connectivity index (χ1n) is 9.64. The molecular formula is C21H29N5O2. The minimum Gasteiger partial charge on any atom is -0.378 e. The quantitative estimate of drug-likeness (QED) is 0.847. The van der Waals surface area contributed by atoms with Crippen molar-refractivity contribution in [2.24, 2.45) is 0 Å². The minimum absolute atomic E-state index is 0.0848. The van der Waals surface area contributed by atoms with E-state index in [2.05, 4.69) is 46.3 Å². The Kier molecular flexibility index (Phi) is 6.14. The van der Waals surface area contributed by atoms with E-state index in [1.807, 2.05) is 37.3 Å². The van der Waals surface area contributed by atoms with Crippen LogP contribution in [0.2, 0.25) is 0 Å². The van der Waals surface area contributed by atoms with E-state index in [4.69, 9.17) is 4.74 Å². The van der Waals surface area contributed by atoms with Crippen molar-refractivity contribution in [3.05, 3.63) is 47.4 Å². The van der Waals surface area contributed by atoms with Gasteiger partial charge in [0.25, 0.3) is 0 Å². The standard InChI is InChI=1S/C21H29N5O2/c1-15-13-19(26-9-11-28-12-10-26)25-18(23-15)14-22-20(27)24-17-7-5-16(6-8-17)21(2,3)4/h5-8,13H,9-12,14H2,1-4H3,(H2,22,24,27). The van der Waals surface area contributed by atoms with E-state index in [-0.39, 0.29) is 18.0 Å². The number of carbonyl (C=O) groups excluding carboxylic acids is 1. The predicted octanol–water partition coefficient (Wildman–Crippen LogP) is 3.24. The van der Waals surface area contributed by atoms with Crippen LogP contribution in [0.5, 0.6) is 0 Å². The third kappa shape index (κ3) is 5.42. The molecule has 7 nitrogen and oxygen atoms in total. The average Bonchev–Trinajstić information content (AvgIpc) is 2.66. The van der Waals surface area contributed by atoms with E-state index in [1.165, 1.54) is 5.56 Å². The molecule has 1 aromatic heterocycles. The molecule has 0 unspecified atom stereocenters. The van der Waals surface area contributed by atoms with E-state index in [0.717, 1.165) is 30.3 Å². The van der Waals surface area contributed by atoms with Crippen LogP contribution in [0.25, 0.3) is 0 Å². The van der Waals surface area contributed by atoms with E-state index >= 15 is 0 Å². The zero-order valence-corrected chi connectivity index (χ0v) is 17.1. The Morgan fingerprint density at radius 1 is 1.14 bits per heavy atom. The van der Waals surface area contributed by atoms with Gasteiger partial charge in [0.1, 0.15) is 11.6 Å². The normalized spacial score (nSPS) is 14.6. The molecule has 2 N–H and O–H groups in total. The Hall–Kier alpha value is -2.67. The molecule has 2 aromatic rings. The van der Waals surface area contributed by atoms with Crippen LogP contribution >= 0.6 is 0 Å². The number of aromatic nitrogens is 2. The molecule has 0 saturated carbocycles. The van der Waals surface area contributed by atoms with Crippen LogP contribution in [0.4, 0.5) is 16.3 Å². The van der Waals surface area contributed by atoms with Crippen LogP contribution < -0.4 is 15.5 Å². The summed E-state index contributed by atoms with van der Waals surface area (Å²) in [5, 5.41) is 5.68. The number of anilines is 2. The lowest BCUT2D eigenvalue weighted by Gasteiger charge is -2.28. The number of nitrogens with zero attached hydrogens (tertiary/aromatic N) is 3. The second-order valence-electron chi connectivity index (χ2n) is 8.02. The maximum absolute atomic E-state index is 12.2. The number of hydrogen-bond acceptors (Lipinski definition) is 5. The van der Waals surface area contributed by atoms with Crippen molar-refractivity contribution in [3.8, 4) is 0 Å². The molecule has 0 aliphatic carbocycles. The first-order valence-corrected chi connectivity index (χ1v) is 9.64. The molecule has 0 radical (unpaired) electrons. The number of nitrogens with one attached hydrogen (secondary N) is 2. The summed E-state index contributed by atoms with van der Waals surface area (Å²) in [7, 11) is 0. The van der Waals surface area contributed by atoms with Crippen LogP contribution in [-0.2, 0) is 16.7 Å². The molecule has 2 amide bonds. The molecule has 0 atom stereocenters. The highest BCUT2D eigenvalue weighted by molar-refractivity contribution is 5.89. The molecule has 1 aliphatic heterocycles. The first-order chi connectivity index (χ1) is 13.3. The fourth-order valence-corrected chi connectivity index (χ4v) is 3.03. The van der Waals surface area contributed by atoms with Crippen LogP contribution in [0.15, 0.2) is 30.3 Å². The summed E-state index contributed by atoms with van der Waals surface area (Å²) in [6, 6.07) is 9.59. The highest BCUT2D eigenvalue weighted by Crippen LogP contribution is 2.23. The number of hydrogen-bond donors (Lipinski definition) is 2. The molecular weight excluding hydrogens is 354 g/mol. The van der Waals surface area contributed by atoms with Gasteiger partial charge in [-0.15, -0.1) is 0 Å². The zero-order chi connectivity index (χ0) is 20.1. The highest BCUT2D eigenvalue weighted by atomic mass is 16.5. The minimum atomic E-state index is -0.276. The second-order valence-corrected chi connectivity index (χ2v) is 8.02. The third-order valence-corrected chi connectivity index (χ3v) is 4.64. The number of rotatable bonds is 4. The summed E-state index contributed by atoms with van der Waals surface area (Å²) >= 11 is 0. The van der Waals surface area contributed by atoms with Gasteiger partial charge >= 0.3 is 6.03 Å². The van der Waals surface area contributed by atoms with Gasteiger partial charge in [-0.2, -0.15) is 0 Å². The SMILES string of the molecule is Cc1cc(N2CCOCC2)nc(CNC(=O)Nc2ccc(C(C)(C)C)cc2)n1. The summed E-state index contributed by atoms with van der Waals surface area (Å²) in [5.74, 6) is 1.48. The van der Waals surface area contributed by atoms with Crippen molar-refractivity contribution in [3.63, 3.8) is 0 Å². The molecule has 1 aliphatic rings. The van der Waals surface area contributed by atoms with E-state index in [0.29, 0.717) is 19.0 Å². The van der Waals surface area contributed by atoms with Crippen molar-refractivity contribution in [1.82, 2.24) is 15.3 Å². The van der Waals surface area contributed by atoms with Gasteiger partial charge in [-0.1, -0.05) is 32.9 Å². The van der Waals surface area contributed by atoms with Crippen LogP contribution in [0, 0.1) is 6.92 Å². The number of morpholine rings is 1. The number of amides is 2. The lowest BCUT2D eigenvalue weighted by Crippen LogP contribution is -2.37. The van der Waals surface area contributed by atoms with Gasteiger partial charge in [-0.05, 0) is 30.0 Å². The maximum atomic E-state index is 12.2. The average molecular weight is 383 g/mol. The monoisotopic (exact) mass is 383 g/mol. The fourth-order valence-electron chi connectivity index (χ4n) is 3.03. The molecule has 1 fully saturated rings. The Morgan fingerprint density at radius 3 is 2.46 bits per heavy atom. The van der Waals surface area contributed by atoms with Gasteiger partial charge in [0.05, 0.1) is 19.8 Å². The molecule has 150 valence electrons. The number of ether oxygens (including phenoxy) is 1. The largest absolute Gasteiger partial charge is 0.378 e. The Labute approximate surface area is 166 Å². The molecule has 0 bridgehead atoms. The van der Waals surface area contributed by atoms with Gasteiger partial charge in [0, 0.05) is 30.5 Å². The molecule has 1 aromatic carbocycles. The van der Waals surface area contributed by atoms with Crippen molar-refractivity contribution in [1.29, 1.82) is 0 Å². The van der Waals surface area contributed by atoms with Crippen LogP contribution in [0.1, 0.15) is 37.9 Å². The molecule has 7 heteroatoms. The topological polar surface area (TPSA) is 79.4 Å². The summed E-state index contributed by atoms with van der Waals surface area (Å²) in [6.45, 7) is 11.7. The van der Waals surface area contributed by atoms with E-state index < -0.39 is 0 Å². The molecule has 3 rings (SSSR count). The van der Waals surface area contributed by atoms with Crippen LogP contribution in [-0.4, -0.2) is 42.3 Å². The lowest BCUT2D eigenvalue weighted by molar-refractivity contribution is 0.122. The molecule has 2 heterocycles. The number of aryl methyl sites for hydroxylation is 1. The molecule has 28 heavy (non-hydrogen) atoms. The summed E-state index contributed by atoms with van der Waals surface area (Å²) < 4.78 is 5.39. The highest BCUT2D eigenvalue weighted by Gasteiger charge is 2.15. The zero-order valence-electron chi connectivity index (χ0n) is 17.1. The van der Waals surface area contributed by atoms with Crippen molar-refractivity contribution in [2.45, 2.75) is 39.7 Å². The number of benzene rings is 1. The summed E-state index contributed by atoms with van der Waals surface area (Å²) in [5.41, 5.74) is 2.94. The van der Waals surface area contributed by atoms with Crippen molar-refractivity contribution in [2.75, 3.05) is 36.5 Å². The Balaban J connectivity index is 1.57. The molecule has 0 spiro atoms. The van der Waals surface area contributed by atoms with E-state index in [9.17, 15) is 4.79 Å². The summed E-state index contributed by atoms with van der Waals surface area (Å²) in [4.78, 5) is 23.4. The smallest absolute Gasteiger partial charge is 0.319 e. The van der Waals surface area contributed by atoms with Gasteiger partial charge in [0.15, 0.2) is 0 Å². The number of carbonyl (C=O) groups is 1. The molecule has 1 saturated heterocycles. The van der Waals surface area contributed by atoms with Gasteiger partial charge in [-0.3, -0.25) is 0 Å². The summed E-state index contributed by atoms with van der Waals surface area (Å²) in [6.07, 6.45) is 0. The number of urea groups is 1. The van der Waals surface area contributed by atoms with Crippen molar-refractivity contribution < 1.29 is 9.53 Å².